The van der Waals surface area contributed by atoms with Crippen LogP contribution in [0.1, 0.15) is 25.0 Å². The Bertz CT molecular complexity index is 3080. The van der Waals surface area contributed by atoms with Gasteiger partial charge in [0.2, 0.25) is 0 Å². The first-order valence-corrected chi connectivity index (χ1v) is 18.3. The highest BCUT2D eigenvalue weighted by molar-refractivity contribution is 6.19. The summed E-state index contributed by atoms with van der Waals surface area (Å²) >= 11 is 0. The maximum absolute atomic E-state index is 5.40. The SMILES string of the molecule is CC1(C)c2ccccc2-c2nc(-c3ccccc3)nc(-c3cccc(-n4c5ccccc5c5cc6c7ccccc7n(-c7ccccc7)c6cc54)c3)c21. The summed E-state index contributed by atoms with van der Waals surface area (Å²) in [6, 6.07) is 61.0. The zero-order valence-electron chi connectivity index (χ0n) is 29.5. The Kier molecular flexibility index (Phi) is 6.27. The molecule has 250 valence electrons. The van der Waals surface area contributed by atoms with Gasteiger partial charge >= 0.3 is 0 Å². The van der Waals surface area contributed by atoms with Crippen LogP contribution in [0.2, 0.25) is 0 Å². The fourth-order valence-electron chi connectivity index (χ4n) is 8.90. The summed E-state index contributed by atoms with van der Waals surface area (Å²) in [6.45, 7) is 4.61. The molecule has 10 aromatic rings. The second-order valence-electron chi connectivity index (χ2n) is 14.6. The number of hydrogen-bond donors (Lipinski definition) is 0. The Balaban J connectivity index is 1.19. The van der Waals surface area contributed by atoms with Crippen molar-refractivity contribution < 1.29 is 0 Å². The van der Waals surface area contributed by atoms with E-state index in [1.54, 1.807) is 0 Å². The largest absolute Gasteiger partial charge is 0.309 e. The van der Waals surface area contributed by atoms with Crippen molar-refractivity contribution >= 4 is 43.6 Å². The zero-order valence-corrected chi connectivity index (χ0v) is 29.5. The molecule has 4 heteroatoms. The molecule has 4 nitrogen and oxygen atoms in total. The van der Waals surface area contributed by atoms with E-state index < -0.39 is 0 Å². The van der Waals surface area contributed by atoms with Crippen LogP contribution in [0, 0.1) is 0 Å². The number of nitrogens with zero attached hydrogens (tertiary/aromatic N) is 4. The van der Waals surface area contributed by atoms with Crippen molar-refractivity contribution in [1.82, 2.24) is 19.1 Å². The predicted molar refractivity (Wildman–Crippen MR) is 219 cm³/mol. The lowest BCUT2D eigenvalue weighted by molar-refractivity contribution is 0.658. The molecule has 0 N–H and O–H groups in total. The summed E-state index contributed by atoms with van der Waals surface area (Å²) in [5.74, 6) is 0.741. The highest BCUT2D eigenvalue weighted by Gasteiger charge is 2.40. The first-order valence-electron chi connectivity index (χ1n) is 18.3. The van der Waals surface area contributed by atoms with Crippen molar-refractivity contribution in [3.63, 3.8) is 0 Å². The summed E-state index contributed by atoms with van der Waals surface area (Å²) in [6.07, 6.45) is 0. The fourth-order valence-corrected chi connectivity index (χ4v) is 8.90. The fraction of sp³-hybridized carbons (Fsp3) is 0.0612. The quantitative estimate of drug-likeness (QED) is 0.186. The molecule has 0 aliphatic heterocycles. The van der Waals surface area contributed by atoms with E-state index in [2.05, 4.69) is 187 Å². The molecule has 0 amide bonds. The number of rotatable bonds is 4. The third-order valence-electron chi connectivity index (χ3n) is 11.3. The Labute approximate surface area is 307 Å². The van der Waals surface area contributed by atoms with E-state index in [-0.39, 0.29) is 5.41 Å². The highest BCUT2D eigenvalue weighted by Crippen LogP contribution is 2.51. The molecule has 0 fully saturated rings. The van der Waals surface area contributed by atoms with Crippen molar-refractivity contribution in [3.05, 3.63) is 181 Å². The molecule has 0 unspecified atom stereocenters. The summed E-state index contributed by atoms with van der Waals surface area (Å²) in [4.78, 5) is 10.7. The normalized spacial score (nSPS) is 13.2. The van der Waals surface area contributed by atoms with Crippen LogP contribution in [-0.2, 0) is 5.41 Å². The van der Waals surface area contributed by atoms with Gasteiger partial charge in [0.05, 0.1) is 33.5 Å². The third kappa shape index (κ3) is 4.30. The average Bonchev–Trinajstić information content (AvgIpc) is 3.80. The highest BCUT2D eigenvalue weighted by atomic mass is 15.0. The standard InChI is InChI=1S/C49H34N4/c1-49(2)40-25-12-9-24-37(40)47-45(49)46(50-48(51-47)31-16-5-3-6-17-31)32-18-15-21-34(28-32)53-42-27-14-11-23-36(42)39-29-38-35-22-10-13-26-41(35)52(43(38)30-44(39)53)33-19-7-4-8-20-33/h3-30H,1-2H3. The van der Waals surface area contributed by atoms with E-state index in [4.69, 9.17) is 9.97 Å². The summed E-state index contributed by atoms with van der Waals surface area (Å²) in [5, 5.41) is 4.97. The van der Waals surface area contributed by atoms with Gasteiger partial charge in [-0.1, -0.05) is 135 Å². The maximum Gasteiger partial charge on any atom is 0.160 e. The molecule has 7 aromatic carbocycles. The van der Waals surface area contributed by atoms with Crippen molar-refractivity contribution in [1.29, 1.82) is 0 Å². The van der Waals surface area contributed by atoms with Gasteiger partial charge in [0.25, 0.3) is 0 Å². The zero-order chi connectivity index (χ0) is 35.3. The lowest BCUT2D eigenvalue weighted by Gasteiger charge is -2.24. The van der Waals surface area contributed by atoms with Crippen molar-refractivity contribution in [2.45, 2.75) is 19.3 Å². The molecule has 1 aliphatic rings. The van der Waals surface area contributed by atoms with E-state index in [0.717, 1.165) is 39.7 Å². The number of para-hydroxylation sites is 3. The van der Waals surface area contributed by atoms with E-state index in [1.165, 1.54) is 60.3 Å². The summed E-state index contributed by atoms with van der Waals surface area (Å²) < 4.78 is 4.83. The third-order valence-corrected chi connectivity index (χ3v) is 11.3. The minimum atomic E-state index is -0.268. The van der Waals surface area contributed by atoms with Gasteiger partial charge in [-0.25, -0.2) is 9.97 Å². The molecule has 0 saturated heterocycles. The van der Waals surface area contributed by atoms with Gasteiger partial charge in [0.15, 0.2) is 5.82 Å². The molecule has 0 radical (unpaired) electrons. The Morgan fingerprint density at radius 3 is 1.68 bits per heavy atom. The number of benzene rings is 7. The molecule has 11 rings (SSSR count). The van der Waals surface area contributed by atoms with Crippen LogP contribution in [0.25, 0.3) is 88.9 Å². The van der Waals surface area contributed by atoms with Gasteiger partial charge in [0.1, 0.15) is 0 Å². The molecule has 53 heavy (non-hydrogen) atoms. The van der Waals surface area contributed by atoms with Crippen molar-refractivity contribution in [3.8, 4) is 45.3 Å². The Morgan fingerprint density at radius 1 is 0.415 bits per heavy atom. The van der Waals surface area contributed by atoms with Crippen LogP contribution in [-0.4, -0.2) is 19.1 Å². The second kappa shape index (κ2) is 11.1. The molecule has 0 saturated carbocycles. The van der Waals surface area contributed by atoms with Crippen LogP contribution >= 0.6 is 0 Å². The molecule has 3 heterocycles. The lowest BCUT2D eigenvalue weighted by atomic mass is 9.81. The van der Waals surface area contributed by atoms with E-state index >= 15 is 0 Å². The monoisotopic (exact) mass is 678 g/mol. The van der Waals surface area contributed by atoms with Crippen LogP contribution in [0.15, 0.2) is 170 Å². The van der Waals surface area contributed by atoms with Gasteiger partial charge in [-0.3, -0.25) is 0 Å². The van der Waals surface area contributed by atoms with E-state index in [9.17, 15) is 0 Å². The molecular weight excluding hydrogens is 645 g/mol. The van der Waals surface area contributed by atoms with E-state index in [0.29, 0.717) is 0 Å². The molecule has 3 aromatic heterocycles. The summed E-state index contributed by atoms with van der Waals surface area (Å²) in [7, 11) is 0. The molecule has 1 aliphatic carbocycles. The lowest BCUT2D eigenvalue weighted by Crippen LogP contribution is -2.17. The molecule has 0 bridgehead atoms. The Hall–Kier alpha value is -6.78. The number of aromatic nitrogens is 4. The minimum Gasteiger partial charge on any atom is -0.309 e. The van der Waals surface area contributed by atoms with Gasteiger partial charge in [-0.15, -0.1) is 0 Å². The van der Waals surface area contributed by atoms with E-state index in [1.807, 2.05) is 6.07 Å². The maximum atomic E-state index is 5.40. The average molecular weight is 679 g/mol. The Morgan fingerprint density at radius 2 is 0.962 bits per heavy atom. The van der Waals surface area contributed by atoms with Crippen molar-refractivity contribution in [2.75, 3.05) is 0 Å². The second-order valence-corrected chi connectivity index (χ2v) is 14.6. The van der Waals surface area contributed by atoms with Gasteiger partial charge in [-0.2, -0.15) is 0 Å². The molecule has 0 atom stereocenters. The first kappa shape index (κ1) is 29.9. The minimum absolute atomic E-state index is 0.268. The van der Waals surface area contributed by atoms with Crippen molar-refractivity contribution in [2.24, 2.45) is 0 Å². The predicted octanol–water partition coefficient (Wildman–Crippen LogP) is 12.3. The van der Waals surface area contributed by atoms with Crippen LogP contribution in [0.5, 0.6) is 0 Å². The summed E-state index contributed by atoms with van der Waals surface area (Å²) in [5.41, 5.74) is 14.4. The smallest absolute Gasteiger partial charge is 0.160 e. The molecule has 0 spiro atoms. The van der Waals surface area contributed by atoms with Crippen LogP contribution < -0.4 is 0 Å². The topological polar surface area (TPSA) is 35.6 Å². The van der Waals surface area contributed by atoms with Crippen LogP contribution in [0.4, 0.5) is 0 Å². The molecular formula is C49H34N4. The van der Waals surface area contributed by atoms with Gasteiger partial charge in [0, 0.05) is 60.6 Å². The van der Waals surface area contributed by atoms with Gasteiger partial charge in [-0.05, 0) is 54.1 Å². The number of fused-ring (bicyclic) bond motifs is 9. The number of hydrogen-bond acceptors (Lipinski definition) is 2. The first-order chi connectivity index (χ1) is 26.1. The van der Waals surface area contributed by atoms with Gasteiger partial charge < -0.3 is 9.13 Å². The van der Waals surface area contributed by atoms with Crippen LogP contribution in [0.3, 0.4) is 0 Å².